The number of anilines is 1. The Hall–Kier alpha value is -2.88. The topological polar surface area (TPSA) is 85.2 Å². The second-order valence-electron chi connectivity index (χ2n) is 4.45. The molecule has 21 heavy (non-hydrogen) atoms. The van der Waals surface area contributed by atoms with Crippen LogP contribution in [0.4, 0.5) is 10.6 Å². The van der Waals surface area contributed by atoms with Gasteiger partial charge >= 0.3 is 6.03 Å². The minimum absolute atomic E-state index is 0.0697. The molecular weight excluding hydrogens is 268 g/mol. The van der Waals surface area contributed by atoms with Crippen LogP contribution >= 0.6 is 0 Å². The van der Waals surface area contributed by atoms with Gasteiger partial charge in [-0.3, -0.25) is 0 Å². The fourth-order valence-corrected chi connectivity index (χ4v) is 1.84. The molecule has 2 rings (SSSR count). The van der Waals surface area contributed by atoms with E-state index in [1.165, 1.54) is 17.4 Å². The van der Waals surface area contributed by atoms with E-state index in [1.807, 2.05) is 18.2 Å². The summed E-state index contributed by atoms with van der Waals surface area (Å²) in [7, 11) is 1.72. The first kappa shape index (κ1) is 14.5. The van der Waals surface area contributed by atoms with E-state index >= 15 is 0 Å². The Bertz CT molecular complexity index is 604. The lowest BCUT2D eigenvalue weighted by Crippen LogP contribution is -2.35. The average molecular weight is 284 g/mol. The molecule has 0 radical (unpaired) electrons. The summed E-state index contributed by atoms with van der Waals surface area (Å²) in [6.07, 6.45) is 10.7. The molecule has 1 N–H and O–H groups in total. The van der Waals surface area contributed by atoms with E-state index in [4.69, 9.17) is 5.26 Å². The van der Waals surface area contributed by atoms with Crippen molar-refractivity contribution in [1.29, 1.82) is 5.26 Å². The second kappa shape index (κ2) is 7.05. The van der Waals surface area contributed by atoms with Gasteiger partial charge < -0.3 is 15.1 Å². The predicted molar refractivity (Wildman–Crippen MR) is 78.0 cm³/mol. The maximum absolute atomic E-state index is 12.0. The zero-order chi connectivity index (χ0) is 15.1. The van der Waals surface area contributed by atoms with Gasteiger partial charge in [-0.15, -0.1) is 0 Å². The molecule has 1 aliphatic rings. The van der Waals surface area contributed by atoms with E-state index in [9.17, 15) is 4.79 Å². The number of carbonyl (C=O) groups is 1. The van der Waals surface area contributed by atoms with Crippen LogP contribution in [-0.2, 0) is 0 Å². The van der Waals surface area contributed by atoms with Crippen LogP contribution in [0.15, 0.2) is 37.1 Å². The van der Waals surface area contributed by atoms with Crippen molar-refractivity contribution in [2.75, 3.05) is 25.5 Å². The van der Waals surface area contributed by atoms with E-state index < -0.39 is 0 Å². The minimum atomic E-state index is -0.0697. The minimum Gasteiger partial charge on any atom is -0.369 e. The monoisotopic (exact) mass is 284 g/mol. The number of hydrogen-bond acceptors (Lipinski definition) is 5. The molecule has 1 aliphatic heterocycles. The summed E-state index contributed by atoms with van der Waals surface area (Å²) in [5.74, 6) is 0.518. The number of nitrogens with one attached hydrogen (secondary N) is 1. The van der Waals surface area contributed by atoms with Crippen LogP contribution in [0, 0.1) is 11.3 Å². The van der Waals surface area contributed by atoms with Crippen molar-refractivity contribution < 1.29 is 4.79 Å². The van der Waals surface area contributed by atoms with Crippen LogP contribution in [0.25, 0.3) is 0 Å². The van der Waals surface area contributed by atoms with Gasteiger partial charge in [0.25, 0.3) is 0 Å². The molecule has 7 heteroatoms. The van der Waals surface area contributed by atoms with Gasteiger partial charge in [0.2, 0.25) is 0 Å². The van der Waals surface area contributed by atoms with Gasteiger partial charge in [-0.2, -0.15) is 5.26 Å². The molecule has 0 unspecified atom stereocenters. The number of nitrogens with zero attached hydrogens (tertiary/aromatic N) is 5. The fourth-order valence-electron chi connectivity index (χ4n) is 1.84. The Balaban J connectivity index is 1.82. The van der Waals surface area contributed by atoms with Gasteiger partial charge in [-0.05, 0) is 18.6 Å². The summed E-state index contributed by atoms with van der Waals surface area (Å²) >= 11 is 0. The maximum Gasteiger partial charge on any atom is 0.327 e. The van der Waals surface area contributed by atoms with E-state index in [-0.39, 0.29) is 6.03 Å². The average Bonchev–Trinajstić information content (AvgIpc) is 2.67. The van der Waals surface area contributed by atoms with Crippen molar-refractivity contribution >= 4 is 11.8 Å². The zero-order valence-corrected chi connectivity index (χ0v) is 11.7. The SMILES string of the molecule is CN1C=CC=CN(CCCNc2ncncc2C#N)C1=O. The number of amides is 2. The van der Waals surface area contributed by atoms with Gasteiger partial charge in [-0.25, -0.2) is 14.8 Å². The molecule has 0 aliphatic carbocycles. The number of urea groups is 1. The highest BCUT2D eigenvalue weighted by atomic mass is 16.2. The van der Waals surface area contributed by atoms with Crippen LogP contribution in [0.1, 0.15) is 12.0 Å². The molecule has 0 saturated carbocycles. The first-order chi connectivity index (χ1) is 10.2. The van der Waals surface area contributed by atoms with Gasteiger partial charge in [0.05, 0.1) is 6.20 Å². The van der Waals surface area contributed by atoms with E-state index in [0.29, 0.717) is 24.5 Å². The van der Waals surface area contributed by atoms with Crippen LogP contribution in [0.3, 0.4) is 0 Å². The molecule has 0 spiro atoms. The number of carbonyl (C=O) groups excluding carboxylic acids is 1. The normalized spacial score (nSPS) is 14.0. The second-order valence-corrected chi connectivity index (χ2v) is 4.45. The highest BCUT2D eigenvalue weighted by molar-refractivity contribution is 5.76. The molecule has 108 valence electrons. The van der Waals surface area contributed by atoms with Crippen LogP contribution in [0.2, 0.25) is 0 Å². The molecule has 7 nitrogen and oxygen atoms in total. The molecule has 1 aromatic rings. The largest absolute Gasteiger partial charge is 0.369 e. The number of allylic oxidation sites excluding steroid dienone is 2. The lowest BCUT2D eigenvalue weighted by molar-refractivity contribution is 0.194. The molecule has 2 heterocycles. The van der Waals surface area contributed by atoms with E-state index in [1.54, 1.807) is 24.3 Å². The smallest absolute Gasteiger partial charge is 0.327 e. The molecule has 0 bridgehead atoms. The molecule has 0 saturated heterocycles. The number of hydrogen-bond donors (Lipinski definition) is 1. The summed E-state index contributed by atoms with van der Waals surface area (Å²) in [6.45, 7) is 1.20. The standard InChI is InChI=1S/C14H16N6O/c1-19-6-2-3-7-20(14(19)21)8-4-5-17-13-12(9-15)10-16-11-18-13/h2-3,6-7,10-11H,4-5,8H2,1H3,(H,16,17,18). The van der Waals surface area contributed by atoms with Crippen molar-refractivity contribution in [1.82, 2.24) is 19.8 Å². The van der Waals surface area contributed by atoms with Gasteiger partial charge in [0.15, 0.2) is 0 Å². The Morgan fingerprint density at radius 3 is 3.00 bits per heavy atom. The van der Waals surface area contributed by atoms with Crippen molar-refractivity contribution in [3.63, 3.8) is 0 Å². The third-order valence-electron chi connectivity index (χ3n) is 2.94. The summed E-state index contributed by atoms with van der Waals surface area (Å²) < 4.78 is 0. The summed E-state index contributed by atoms with van der Waals surface area (Å²) in [5, 5.41) is 12.0. The molecule has 0 atom stereocenters. The molecule has 2 amide bonds. The third kappa shape index (κ3) is 3.79. The fraction of sp³-hybridized carbons (Fsp3) is 0.286. The lowest BCUT2D eigenvalue weighted by atomic mass is 10.3. The lowest BCUT2D eigenvalue weighted by Gasteiger charge is -2.21. The first-order valence-corrected chi connectivity index (χ1v) is 6.55. The van der Waals surface area contributed by atoms with E-state index in [2.05, 4.69) is 15.3 Å². The highest BCUT2D eigenvalue weighted by Gasteiger charge is 2.14. The zero-order valence-electron chi connectivity index (χ0n) is 11.7. The molecular formula is C14H16N6O. The van der Waals surface area contributed by atoms with Gasteiger partial charge in [0, 0.05) is 32.5 Å². The van der Waals surface area contributed by atoms with E-state index in [0.717, 1.165) is 6.42 Å². The quantitative estimate of drug-likeness (QED) is 0.829. The van der Waals surface area contributed by atoms with Crippen molar-refractivity contribution in [3.05, 3.63) is 42.6 Å². The van der Waals surface area contributed by atoms with Crippen molar-refractivity contribution in [2.45, 2.75) is 6.42 Å². The Labute approximate surface area is 123 Å². The van der Waals surface area contributed by atoms with Crippen molar-refractivity contribution in [2.24, 2.45) is 0 Å². The van der Waals surface area contributed by atoms with Crippen LogP contribution < -0.4 is 5.32 Å². The number of nitriles is 1. The Morgan fingerprint density at radius 2 is 2.19 bits per heavy atom. The highest BCUT2D eigenvalue weighted by Crippen LogP contribution is 2.09. The predicted octanol–water partition coefficient (Wildman–Crippen LogP) is 1.55. The van der Waals surface area contributed by atoms with Gasteiger partial charge in [-0.1, -0.05) is 0 Å². The Morgan fingerprint density at radius 1 is 1.38 bits per heavy atom. The molecule has 0 aromatic carbocycles. The number of aromatic nitrogens is 2. The molecule has 1 aromatic heterocycles. The molecule has 0 fully saturated rings. The summed E-state index contributed by atoms with van der Waals surface area (Å²) in [5.41, 5.74) is 0.409. The maximum atomic E-state index is 12.0. The van der Waals surface area contributed by atoms with Crippen LogP contribution in [0.5, 0.6) is 0 Å². The third-order valence-corrected chi connectivity index (χ3v) is 2.94. The number of rotatable bonds is 5. The van der Waals surface area contributed by atoms with Crippen molar-refractivity contribution in [3.8, 4) is 6.07 Å². The van der Waals surface area contributed by atoms with Gasteiger partial charge in [0.1, 0.15) is 23.8 Å². The first-order valence-electron chi connectivity index (χ1n) is 6.55. The summed E-state index contributed by atoms with van der Waals surface area (Å²) in [4.78, 5) is 23.0. The summed E-state index contributed by atoms with van der Waals surface area (Å²) in [6, 6.07) is 1.96. The Kier molecular flexibility index (Phi) is 4.88. The van der Waals surface area contributed by atoms with Crippen LogP contribution in [-0.4, -0.2) is 45.9 Å².